The van der Waals surface area contributed by atoms with Gasteiger partial charge in [-0.1, -0.05) is 17.4 Å². The zero-order chi connectivity index (χ0) is 18.0. The summed E-state index contributed by atoms with van der Waals surface area (Å²) in [7, 11) is 0. The van der Waals surface area contributed by atoms with Crippen molar-refractivity contribution in [1.29, 1.82) is 0 Å². The van der Waals surface area contributed by atoms with E-state index in [0.29, 0.717) is 17.1 Å². The van der Waals surface area contributed by atoms with Crippen LogP contribution >= 0.6 is 22.7 Å². The first kappa shape index (κ1) is 17.1. The van der Waals surface area contributed by atoms with E-state index in [9.17, 15) is 23.7 Å². The Hall–Kier alpha value is -2.72. The molecule has 0 atom stereocenters. The van der Waals surface area contributed by atoms with Gasteiger partial charge in [0.25, 0.3) is 5.91 Å². The van der Waals surface area contributed by atoms with Crippen molar-refractivity contribution < 1.29 is 18.5 Å². The first-order valence-electron chi connectivity index (χ1n) is 6.85. The maximum atomic E-state index is 13.2. The molecule has 0 unspecified atom stereocenters. The lowest BCUT2D eigenvalue weighted by Gasteiger charge is -2.00. The van der Waals surface area contributed by atoms with E-state index in [1.54, 1.807) is 0 Å². The number of nitro groups is 1. The molecule has 128 valence electrons. The molecule has 1 aromatic carbocycles. The summed E-state index contributed by atoms with van der Waals surface area (Å²) in [5.41, 5.74) is 0.753. The number of rotatable bonds is 5. The van der Waals surface area contributed by atoms with Crippen molar-refractivity contribution in [2.45, 2.75) is 6.42 Å². The molecule has 2 heterocycles. The predicted molar refractivity (Wildman–Crippen MR) is 90.2 cm³/mol. The minimum atomic E-state index is -0.922. The van der Waals surface area contributed by atoms with Crippen LogP contribution < -0.4 is 5.32 Å². The molecule has 0 bridgehead atoms. The monoisotopic (exact) mass is 381 g/mol. The van der Waals surface area contributed by atoms with E-state index in [-0.39, 0.29) is 10.6 Å². The molecule has 0 radical (unpaired) electrons. The number of anilines is 1. The smallest absolute Gasteiger partial charge is 0.298 e. The van der Waals surface area contributed by atoms with Crippen molar-refractivity contribution in [3.63, 3.8) is 0 Å². The fourth-order valence-corrected chi connectivity index (χ4v) is 3.55. The van der Waals surface area contributed by atoms with Crippen molar-refractivity contribution in [3.05, 3.63) is 73.6 Å². The number of thiazole rings is 1. The molecule has 3 rings (SSSR count). The Balaban J connectivity index is 1.67. The molecule has 2 aromatic heterocycles. The Morgan fingerprint density at radius 1 is 1.28 bits per heavy atom. The average Bonchev–Trinajstić information content (AvgIpc) is 3.20. The number of thiophene rings is 1. The largest absolute Gasteiger partial charge is 0.324 e. The number of nitrogens with zero attached hydrogens (tertiary/aromatic N) is 2. The molecule has 0 aliphatic carbocycles. The molecule has 10 heteroatoms. The molecule has 0 saturated carbocycles. The Morgan fingerprint density at radius 2 is 2.08 bits per heavy atom. The third-order valence-corrected chi connectivity index (χ3v) is 4.96. The standard InChI is InChI=1S/C15H9F2N3O3S2/c16-11-2-1-8(4-12(11)17)3-10-6-18-15(25-10)19-14(21)9-5-13(20(22)23)24-7-9/h1-2,4-7H,3H2,(H,18,19,21). The summed E-state index contributed by atoms with van der Waals surface area (Å²) >= 11 is 2.05. The molecule has 6 nitrogen and oxygen atoms in total. The van der Waals surface area contributed by atoms with Crippen molar-refractivity contribution in [2.24, 2.45) is 0 Å². The van der Waals surface area contributed by atoms with Crippen molar-refractivity contribution in [2.75, 3.05) is 5.32 Å². The van der Waals surface area contributed by atoms with Gasteiger partial charge in [0.05, 0.1) is 10.5 Å². The van der Waals surface area contributed by atoms with Gasteiger partial charge in [-0.05, 0) is 17.7 Å². The van der Waals surface area contributed by atoms with Gasteiger partial charge in [0.15, 0.2) is 16.8 Å². The van der Waals surface area contributed by atoms with Crippen LogP contribution in [0, 0.1) is 21.7 Å². The van der Waals surface area contributed by atoms with E-state index in [2.05, 4.69) is 10.3 Å². The number of nitrogens with one attached hydrogen (secondary N) is 1. The summed E-state index contributed by atoms with van der Waals surface area (Å²) in [6.07, 6.45) is 1.87. The van der Waals surface area contributed by atoms with Gasteiger partial charge in [-0.25, -0.2) is 13.8 Å². The molecular weight excluding hydrogens is 372 g/mol. The molecule has 0 aliphatic rings. The van der Waals surface area contributed by atoms with Gasteiger partial charge in [0.2, 0.25) is 0 Å². The summed E-state index contributed by atoms with van der Waals surface area (Å²) in [5, 5.41) is 14.8. The summed E-state index contributed by atoms with van der Waals surface area (Å²) in [6.45, 7) is 0. The minimum absolute atomic E-state index is 0.122. The third-order valence-electron chi connectivity index (χ3n) is 3.16. The second kappa shape index (κ2) is 7.03. The average molecular weight is 381 g/mol. The van der Waals surface area contributed by atoms with Crippen molar-refractivity contribution in [3.8, 4) is 0 Å². The topological polar surface area (TPSA) is 85.1 Å². The second-order valence-corrected chi connectivity index (χ2v) is 6.95. The zero-order valence-electron chi connectivity index (χ0n) is 12.4. The van der Waals surface area contributed by atoms with Crippen LogP contribution in [0.4, 0.5) is 18.9 Å². The van der Waals surface area contributed by atoms with E-state index in [4.69, 9.17) is 0 Å². The van der Waals surface area contributed by atoms with Gasteiger partial charge in [0, 0.05) is 28.9 Å². The highest BCUT2D eigenvalue weighted by Gasteiger charge is 2.16. The van der Waals surface area contributed by atoms with Crippen molar-refractivity contribution >= 4 is 38.7 Å². The third kappa shape index (κ3) is 4.03. The summed E-state index contributed by atoms with van der Waals surface area (Å²) in [4.78, 5) is 26.9. The Bertz CT molecular complexity index is 955. The molecule has 1 N–H and O–H groups in total. The number of amides is 1. The predicted octanol–water partition coefficient (Wildman–Crippen LogP) is 4.23. The second-order valence-electron chi connectivity index (χ2n) is 4.94. The molecule has 1 amide bonds. The van der Waals surface area contributed by atoms with Gasteiger partial charge < -0.3 is 0 Å². The van der Waals surface area contributed by atoms with Crippen LogP contribution in [0.1, 0.15) is 20.8 Å². The number of halogens is 2. The lowest BCUT2D eigenvalue weighted by Crippen LogP contribution is -2.10. The van der Waals surface area contributed by atoms with E-state index in [1.165, 1.54) is 35.0 Å². The van der Waals surface area contributed by atoms with Crippen LogP contribution in [0.25, 0.3) is 0 Å². The normalized spacial score (nSPS) is 10.6. The number of hydrogen-bond acceptors (Lipinski definition) is 6. The van der Waals surface area contributed by atoms with E-state index in [0.717, 1.165) is 28.3 Å². The first-order valence-corrected chi connectivity index (χ1v) is 8.55. The Labute approximate surface area is 147 Å². The minimum Gasteiger partial charge on any atom is -0.298 e. The lowest BCUT2D eigenvalue weighted by atomic mass is 10.1. The maximum absolute atomic E-state index is 13.2. The summed E-state index contributed by atoms with van der Waals surface area (Å²) in [6, 6.07) is 4.83. The van der Waals surface area contributed by atoms with Gasteiger partial charge in [-0.15, -0.1) is 11.3 Å². The van der Waals surface area contributed by atoms with Crippen LogP contribution in [0.2, 0.25) is 0 Å². The molecule has 0 saturated heterocycles. The highest BCUT2D eigenvalue weighted by molar-refractivity contribution is 7.15. The quantitative estimate of drug-likeness (QED) is 0.529. The van der Waals surface area contributed by atoms with Crippen LogP contribution in [-0.2, 0) is 6.42 Å². The zero-order valence-corrected chi connectivity index (χ0v) is 14.0. The molecular formula is C15H9F2N3O3S2. The number of benzene rings is 1. The van der Waals surface area contributed by atoms with E-state index < -0.39 is 22.5 Å². The van der Waals surface area contributed by atoms with Gasteiger partial charge in [0.1, 0.15) is 0 Å². The maximum Gasteiger partial charge on any atom is 0.324 e. The number of carbonyl (C=O) groups excluding carboxylic acids is 1. The molecule has 3 aromatic rings. The molecule has 0 spiro atoms. The molecule has 0 fully saturated rings. The van der Waals surface area contributed by atoms with Gasteiger partial charge in [-0.2, -0.15) is 0 Å². The van der Waals surface area contributed by atoms with Gasteiger partial charge in [-0.3, -0.25) is 20.2 Å². The molecule has 25 heavy (non-hydrogen) atoms. The van der Waals surface area contributed by atoms with Crippen molar-refractivity contribution in [1.82, 2.24) is 4.98 Å². The lowest BCUT2D eigenvalue weighted by molar-refractivity contribution is -0.380. The van der Waals surface area contributed by atoms with Gasteiger partial charge >= 0.3 is 5.00 Å². The SMILES string of the molecule is O=C(Nc1ncc(Cc2ccc(F)c(F)c2)s1)c1csc([N+](=O)[O-])c1. The van der Waals surface area contributed by atoms with Crippen LogP contribution in [0.15, 0.2) is 35.8 Å². The Kier molecular flexibility index (Phi) is 4.81. The fraction of sp³-hybridized carbons (Fsp3) is 0.0667. The Morgan fingerprint density at radius 3 is 2.76 bits per heavy atom. The van der Waals surface area contributed by atoms with Crippen LogP contribution in [0.5, 0.6) is 0 Å². The highest BCUT2D eigenvalue weighted by Crippen LogP contribution is 2.25. The van der Waals surface area contributed by atoms with Crippen LogP contribution in [0.3, 0.4) is 0 Å². The number of aromatic nitrogens is 1. The van der Waals surface area contributed by atoms with Crippen LogP contribution in [-0.4, -0.2) is 15.8 Å². The molecule has 0 aliphatic heterocycles. The number of hydrogen-bond donors (Lipinski definition) is 1. The van der Waals surface area contributed by atoms with E-state index >= 15 is 0 Å². The highest BCUT2D eigenvalue weighted by atomic mass is 32.1. The number of carbonyl (C=O) groups is 1. The summed E-state index contributed by atoms with van der Waals surface area (Å²) in [5.74, 6) is -2.33. The fourth-order valence-electron chi connectivity index (χ4n) is 2.01. The summed E-state index contributed by atoms with van der Waals surface area (Å²) < 4.78 is 26.1. The van der Waals surface area contributed by atoms with E-state index in [1.807, 2.05) is 0 Å². The first-order chi connectivity index (χ1) is 11.9.